The number of pyridine rings is 2. The summed E-state index contributed by atoms with van der Waals surface area (Å²) < 4.78 is 0. The van der Waals surface area contributed by atoms with Crippen LogP contribution < -0.4 is 0 Å². The molecule has 0 amide bonds. The third-order valence-corrected chi connectivity index (χ3v) is 3.15. The summed E-state index contributed by atoms with van der Waals surface area (Å²) in [6.45, 7) is 4.22. The SMILES string of the molecule is CCc1cc(C)nc2c1ccc1cccnc12. The van der Waals surface area contributed by atoms with Crippen LogP contribution in [0.25, 0.3) is 21.8 Å². The summed E-state index contributed by atoms with van der Waals surface area (Å²) in [6.07, 6.45) is 2.86. The van der Waals surface area contributed by atoms with Gasteiger partial charge in [0.15, 0.2) is 0 Å². The lowest BCUT2D eigenvalue weighted by atomic mass is 10.0. The zero-order valence-corrected chi connectivity index (χ0v) is 10.1. The summed E-state index contributed by atoms with van der Waals surface area (Å²) >= 11 is 0. The van der Waals surface area contributed by atoms with Crippen molar-refractivity contribution in [3.8, 4) is 0 Å². The van der Waals surface area contributed by atoms with Crippen LogP contribution in [-0.2, 0) is 6.42 Å². The van der Waals surface area contributed by atoms with E-state index in [1.807, 2.05) is 19.2 Å². The molecule has 1 aromatic carbocycles. The topological polar surface area (TPSA) is 25.8 Å². The Balaban J connectivity index is 2.54. The molecule has 0 saturated heterocycles. The van der Waals surface area contributed by atoms with Gasteiger partial charge in [-0.3, -0.25) is 9.97 Å². The second kappa shape index (κ2) is 3.81. The van der Waals surface area contributed by atoms with Crippen molar-refractivity contribution in [1.82, 2.24) is 9.97 Å². The van der Waals surface area contributed by atoms with Crippen LogP contribution >= 0.6 is 0 Å². The van der Waals surface area contributed by atoms with Crippen LogP contribution in [0.1, 0.15) is 18.2 Å². The molecule has 3 rings (SSSR count). The number of fused-ring (bicyclic) bond motifs is 3. The lowest BCUT2D eigenvalue weighted by molar-refractivity contribution is 1.12. The number of nitrogens with zero attached hydrogens (tertiary/aromatic N) is 2. The first-order valence-electron chi connectivity index (χ1n) is 5.93. The highest BCUT2D eigenvalue weighted by Crippen LogP contribution is 2.25. The average molecular weight is 222 g/mol. The zero-order chi connectivity index (χ0) is 11.8. The second-order valence-electron chi connectivity index (χ2n) is 4.31. The van der Waals surface area contributed by atoms with Crippen LogP contribution in [-0.4, -0.2) is 9.97 Å². The predicted octanol–water partition coefficient (Wildman–Crippen LogP) is 3.65. The molecule has 0 radical (unpaired) electrons. The molecule has 0 fully saturated rings. The van der Waals surface area contributed by atoms with Gasteiger partial charge in [0.05, 0.1) is 11.0 Å². The Bertz CT molecular complexity index is 702. The van der Waals surface area contributed by atoms with Crippen molar-refractivity contribution >= 4 is 21.8 Å². The highest BCUT2D eigenvalue weighted by atomic mass is 14.7. The largest absolute Gasteiger partial charge is 0.254 e. The normalized spacial score (nSPS) is 11.2. The van der Waals surface area contributed by atoms with E-state index in [0.29, 0.717) is 0 Å². The lowest BCUT2D eigenvalue weighted by Gasteiger charge is -2.07. The molecule has 0 N–H and O–H groups in total. The molecule has 2 nitrogen and oxygen atoms in total. The predicted molar refractivity (Wildman–Crippen MR) is 71.2 cm³/mol. The Labute approximate surface area is 100 Å². The summed E-state index contributed by atoms with van der Waals surface area (Å²) in [5, 5.41) is 2.38. The van der Waals surface area contributed by atoms with E-state index in [2.05, 4.69) is 41.2 Å². The Morgan fingerprint density at radius 2 is 2.00 bits per heavy atom. The van der Waals surface area contributed by atoms with E-state index in [1.54, 1.807) is 0 Å². The van der Waals surface area contributed by atoms with E-state index in [0.717, 1.165) is 28.5 Å². The van der Waals surface area contributed by atoms with Gasteiger partial charge in [0.2, 0.25) is 0 Å². The first-order chi connectivity index (χ1) is 8.29. The molecule has 17 heavy (non-hydrogen) atoms. The molecule has 2 heterocycles. The minimum absolute atomic E-state index is 1.00. The Morgan fingerprint density at radius 3 is 2.82 bits per heavy atom. The molecule has 84 valence electrons. The maximum atomic E-state index is 4.65. The van der Waals surface area contributed by atoms with Crippen LogP contribution in [0.2, 0.25) is 0 Å². The third-order valence-electron chi connectivity index (χ3n) is 3.15. The highest BCUT2D eigenvalue weighted by molar-refractivity contribution is 6.03. The minimum Gasteiger partial charge on any atom is -0.254 e. The first kappa shape index (κ1) is 10.2. The van der Waals surface area contributed by atoms with Crippen molar-refractivity contribution in [1.29, 1.82) is 0 Å². The molecule has 0 aliphatic carbocycles. The Kier molecular flexibility index (Phi) is 2.29. The van der Waals surface area contributed by atoms with Crippen molar-refractivity contribution in [2.75, 3.05) is 0 Å². The average Bonchev–Trinajstić information content (AvgIpc) is 2.37. The van der Waals surface area contributed by atoms with Gasteiger partial charge in [-0.25, -0.2) is 0 Å². The van der Waals surface area contributed by atoms with Crippen molar-refractivity contribution in [2.45, 2.75) is 20.3 Å². The van der Waals surface area contributed by atoms with Gasteiger partial charge in [0, 0.05) is 22.7 Å². The number of benzene rings is 1. The van der Waals surface area contributed by atoms with E-state index >= 15 is 0 Å². The molecule has 2 heteroatoms. The molecule has 0 aliphatic rings. The molecule has 0 spiro atoms. The van der Waals surface area contributed by atoms with Gasteiger partial charge < -0.3 is 0 Å². The van der Waals surface area contributed by atoms with Crippen LogP contribution in [0, 0.1) is 6.92 Å². The molecule has 0 aliphatic heterocycles. The molecular weight excluding hydrogens is 208 g/mol. The number of aryl methyl sites for hydroxylation is 2. The van der Waals surface area contributed by atoms with Gasteiger partial charge in [-0.05, 0) is 31.0 Å². The fourth-order valence-corrected chi connectivity index (χ4v) is 2.33. The van der Waals surface area contributed by atoms with Crippen molar-refractivity contribution in [2.24, 2.45) is 0 Å². The van der Waals surface area contributed by atoms with Crippen molar-refractivity contribution in [3.63, 3.8) is 0 Å². The van der Waals surface area contributed by atoms with Crippen LogP contribution in [0.15, 0.2) is 36.5 Å². The number of hydrogen-bond donors (Lipinski definition) is 0. The van der Waals surface area contributed by atoms with E-state index in [1.165, 1.54) is 10.9 Å². The van der Waals surface area contributed by atoms with Crippen LogP contribution in [0.3, 0.4) is 0 Å². The second-order valence-corrected chi connectivity index (χ2v) is 4.31. The summed E-state index contributed by atoms with van der Waals surface area (Å²) in [5.74, 6) is 0. The van der Waals surface area contributed by atoms with Crippen molar-refractivity contribution < 1.29 is 0 Å². The maximum absolute atomic E-state index is 4.65. The van der Waals surface area contributed by atoms with Gasteiger partial charge in [0.1, 0.15) is 0 Å². The standard InChI is InChI=1S/C15H14N2/c1-3-11-9-10(2)17-15-13(11)7-6-12-5-4-8-16-14(12)15/h4-9H,3H2,1-2H3. The van der Waals surface area contributed by atoms with Gasteiger partial charge in [-0.15, -0.1) is 0 Å². The zero-order valence-electron chi connectivity index (χ0n) is 10.1. The number of aromatic nitrogens is 2. The van der Waals surface area contributed by atoms with Crippen molar-refractivity contribution in [3.05, 3.63) is 47.8 Å². The molecule has 0 bridgehead atoms. The fraction of sp³-hybridized carbons (Fsp3) is 0.200. The van der Waals surface area contributed by atoms with E-state index in [-0.39, 0.29) is 0 Å². The summed E-state index contributed by atoms with van der Waals surface area (Å²) in [5.41, 5.74) is 4.44. The quantitative estimate of drug-likeness (QED) is 0.587. The first-order valence-corrected chi connectivity index (χ1v) is 5.93. The van der Waals surface area contributed by atoms with E-state index in [4.69, 9.17) is 0 Å². The molecule has 2 aromatic heterocycles. The van der Waals surface area contributed by atoms with Gasteiger partial charge in [-0.2, -0.15) is 0 Å². The monoisotopic (exact) mass is 222 g/mol. The number of rotatable bonds is 1. The van der Waals surface area contributed by atoms with Crippen LogP contribution in [0.5, 0.6) is 0 Å². The smallest absolute Gasteiger partial charge is 0.0970 e. The molecule has 0 saturated carbocycles. The molecule has 0 atom stereocenters. The van der Waals surface area contributed by atoms with Gasteiger partial charge in [0.25, 0.3) is 0 Å². The summed E-state index contributed by atoms with van der Waals surface area (Å²) in [7, 11) is 0. The summed E-state index contributed by atoms with van der Waals surface area (Å²) in [4.78, 5) is 9.11. The maximum Gasteiger partial charge on any atom is 0.0970 e. The van der Waals surface area contributed by atoms with E-state index < -0.39 is 0 Å². The molecular formula is C15H14N2. The lowest BCUT2D eigenvalue weighted by Crippen LogP contribution is -1.92. The van der Waals surface area contributed by atoms with Gasteiger partial charge in [-0.1, -0.05) is 25.1 Å². The number of hydrogen-bond acceptors (Lipinski definition) is 2. The van der Waals surface area contributed by atoms with E-state index in [9.17, 15) is 0 Å². The van der Waals surface area contributed by atoms with Crippen LogP contribution in [0.4, 0.5) is 0 Å². The molecule has 0 unspecified atom stereocenters. The fourth-order valence-electron chi connectivity index (χ4n) is 2.33. The Hall–Kier alpha value is -1.96. The molecule has 3 aromatic rings. The highest BCUT2D eigenvalue weighted by Gasteiger charge is 2.06. The van der Waals surface area contributed by atoms with Gasteiger partial charge >= 0.3 is 0 Å². The summed E-state index contributed by atoms with van der Waals surface area (Å²) in [6, 6.07) is 10.5. The Morgan fingerprint density at radius 1 is 1.12 bits per heavy atom. The third kappa shape index (κ3) is 1.57. The minimum atomic E-state index is 1.00.